The van der Waals surface area contributed by atoms with Gasteiger partial charge in [-0.1, -0.05) is 84.9 Å². The molecule has 0 saturated heterocycles. The molecule has 0 N–H and O–H groups in total. The van der Waals surface area contributed by atoms with Gasteiger partial charge >= 0.3 is 0 Å². The molecule has 9 rings (SSSR count). The Kier molecular flexibility index (Phi) is 6.56. The van der Waals surface area contributed by atoms with Crippen LogP contribution in [-0.4, -0.2) is 9.13 Å². The van der Waals surface area contributed by atoms with E-state index >= 15 is 0 Å². The number of rotatable bonds is 4. The molecular formula is C45H25N5. The maximum absolute atomic E-state index is 9.92. The van der Waals surface area contributed by atoms with E-state index in [2.05, 4.69) is 129 Å². The summed E-state index contributed by atoms with van der Waals surface area (Å²) in [7, 11) is 0. The van der Waals surface area contributed by atoms with Gasteiger partial charge in [-0.3, -0.25) is 0 Å². The van der Waals surface area contributed by atoms with E-state index in [4.69, 9.17) is 6.57 Å². The van der Waals surface area contributed by atoms with Gasteiger partial charge in [0.15, 0.2) is 5.69 Å². The first-order valence-electron chi connectivity index (χ1n) is 16.3. The molecule has 0 fully saturated rings. The zero-order chi connectivity index (χ0) is 33.8. The summed E-state index contributed by atoms with van der Waals surface area (Å²) in [5.41, 5.74) is 12.0. The quantitative estimate of drug-likeness (QED) is 0.181. The lowest BCUT2D eigenvalue weighted by molar-refractivity contribution is 1.18. The van der Waals surface area contributed by atoms with E-state index in [9.17, 15) is 10.5 Å². The second kappa shape index (κ2) is 11.4. The predicted octanol–water partition coefficient (Wildman–Crippen LogP) is 11.5. The summed E-state index contributed by atoms with van der Waals surface area (Å²) < 4.78 is 4.43. The van der Waals surface area contributed by atoms with Crippen molar-refractivity contribution < 1.29 is 0 Å². The van der Waals surface area contributed by atoms with Crippen LogP contribution in [0.25, 0.3) is 82.1 Å². The van der Waals surface area contributed by atoms with Gasteiger partial charge in [0, 0.05) is 38.5 Å². The van der Waals surface area contributed by atoms with Gasteiger partial charge in [-0.2, -0.15) is 10.5 Å². The molecule has 0 saturated carbocycles. The maximum atomic E-state index is 9.92. The third kappa shape index (κ3) is 4.38. The van der Waals surface area contributed by atoms with Crippen LogP contribution in [0, 0.1) is 29.2 Å². The molecular weight excluding hydrogens is 611 g/mol. The van der Waals surface area contributed by atoms with Crippen molar-refractivity contribution in [3.63, 3.8) is 0 Å². The number of hydrogen-bond donors (Lipinski definition) is 0. The Bertz CT molecular complexity index is 2900. The maximum Gasteiger partial charge on any atom is 0.189 e. The summed E-state index contributed by atoms with van der Waals surface area (Å²) in [5.74, 6) is 0. The van der Waals surface area contributed by atoms with Crippen LogP contribution in [0.1, 0.15) is 11.1 Å². The van der Waals surface area contributed by atoms with Crippen LogP contribution in [0.3, 0.4) is 0 Å². The normalized spacial score (nSPS) is 11.1. The minimum absolute atomic E-state index is 0.560. The van der Waals surface area contributed by atoms with Crippen LogP contribution in [0.15, 0.2) is 152 Å². The van der Waals surface area contributed by atoms with E-state index in [0.29, 0.717) is 16.8 Å². The highest BCUT2D eigenvalue weighted by Crippen LogP contribution is 2.39. The molecule has 0 spiro atoms. The Balaban J connectivity index is 1.17. The van der Waals surface area contributed by atoms with E-state index in [1.54, 1.807) is 0 Å². The fourth-order valence-electron chi connectivity index (χ4n) is 7.38. The first kappa shape index (κ1) is 28.8. The average molecular weight is 636 g/mol. The number of fused-ring (bicyclic) bond motifs is 6. The van der Waals surface area contributed by atoms with Crippen molar-refractivity contribution in [2.24, 2.45) is 0 Å². The van der Waals surface area contributed by atoms with E-state index in [-0.39, 0.29) is 0 Å². The second-order valence-corrected chi connectivity index (χ2v) is 12.3. The molecule has 7 aromatic carbocycles. The lowest BCUT2D eigenvalue weighted by Crippen LogP contribution is -1.97. The van der Waals surface area contributed by atoms with E-state index in [0.717, 1.165) is 66.5 Å². The molecule has 5 nitrogen and oxygen atoms in total. The Morgan fingerprint density at radius 3 is 1.90 bits per heavy atom. The molecule has 0 radical (unpaired) electrons. The van der Waals surface area contributed by atoms with Crippen molar-refractivity contribution in [3.8, 4) is 45.8 Å². The molecule has 2 heterocycles. The van der Waals surface area contributed by atoms with Crippen molar-refractivity contribution in [3.05, 3.63) is 174 Å². The van der Waals surface area contributed by atoms with Crippen molar-refractivity contribution in [1.29, 1.82) is 10.5 Å². The summed E-state index contributed by atoms with van der Waals surface area (Å²) >= 11 is 0. The van der Waals surface area contributed by atoms with E-state index < -0.39 is 0 Å². The molecule has 9 aromatic rings. The summed E-state index contributed by atoms with van der Waals surface area (Å²) in [6.45, 7) is 7.80. The van der Waals surface area contributed by atoms with Gasteiger partial charge in [0.2, 0.25) is 0 Å². The molecule has 50 heavy (non-hydrogen) atoms. The summed E-state index contributed by atoms with van der Waals surface area (Å²) in [6, 6.07) is 55.8. The first-order chi connectivity index (χ1) is 24.7. The third-order valence-corrected chi connectivity index (χ3v) is 9.60. The van der Waals surface area contributed by atoms with Crippen molar-refractivity contribution in [1.82, 2.24) is 9.13 Å². The molecule has 0 aliphatic rings. The zero-order valence-corrected chi connectivity index (χ0v) is 26.7. The number of nitrogens with zero attached hydrogens (tertiary/aromatic N) is 5. The average Bonchev–Trinajstić information content (AvgIpc) is 3.70. The SMILES string of the molecule is [C-]#[N+]c1ccc(-c2cccc(-c3ccc(-n4c5ccc(C#N)cc5c5c(C#N)cccc54)cc3)c2)c(-n2c3ccccc3c3ccccc32)c1. The topological polar surface area (TPSA) is 61.8 Å². The number of benzene rings is 7. The molecule has 2 aromatic heterocycles. The van der Waals surface area contributed by atoms with Crippen LogP contribution >= 0.6 is 0 Å². The van der Waals surface area contributed by atoms with E-state index in [1.165, 1.54) is 10.8 Å². The highest BCUT2D eigenvalue weighted by atomic mass is 15.0. The highest BCUT2D eigenvalue weighted by molar-refractivity contribution is 6.12. The molecule has 230 valence electrons. The molecule has 0 unspecified atom stereocenters. The Morgan fingerprint density at radius 2 is 1.18 bits per heavy atom. The first-order valence-corrected chi connectivity index (χ1v) is 16.3. The van der Waals surface area contributed by atoms with Gasteiger partial charge in [0.05, 0.1) is 51.9 Å². The number of aromatic nitrogens is 2. The van der Waals surface area contributed by atoms with Gasteiger partial charge in [0.1, 0.15) is 0 Å². The van der Waals surface area contributed by atoms with Gasteiger partial charge in [-0.25, -0.2) is 4.85 Å². The fourth-order valence-corrected chi connectivity index (χ4v) is 7.38. The van der Waals surface area contributed by atoms with Crippen molar-refractivity contribution >= 4 is 49.3 Å². The second-order valence-electron chi connectivity index (χ2n) is 12.3. The minimum atomic E-state index is 0.560. The Morgan fingerprint density at radius 1 is 0.500 bits per heavy atom. The smallest absolute Gasteiger partial charge is 0.189 e. The summed E-state index contributed by atoms with van der Waals surface area (Å²) in [6.07, 6.45) is 0. The van der Waals surface area contributed by atoms with Crippen LogP contribution in [0.2, 0.25) is 0 Å². The van der Waals surface area contributed by atoms with Gasteiger partial charge in [0.25, 0.3) is 0 Å². The van der Waals surface area contributed by atoms with Crippen LogP contribution in [0.4, 0.5) is 5.69 Å². The number of hydrogen-bond acceptors (Lipinski definition) is 2. The standard InChI is InChI=1S/C45H25N5/c1-48-34-19-22-36(44(26-34)50-40-13-4-2-11-37(40)38-12-3-5-14-41(38)50)32-9-6-8-31(25-32)30-17-20-35(21-18-30)49-42-23-16-29(27-46)24-39(42)45-33(28-47)10-7-15-43(45)49/h2-26H. The van der Waals surface area contributed by atoms with Crippen LogP contribution in [0.5, 0.6) is 0 Å². The summed E-state index contributed by atoms with van der Waals surface area (Å²) in [5, 5.41) is 23.6. The lowest BCUT2D eigenvalue weighted by Gasteiger charge is -2.16. The number of para-hydroxylation sites is 2. The van der Waals surface area contributed by atoms with Gasteiger partial charge in [-0.05, 0) is 83.4 Å². The zero-order valence-electron chi connectivity index (χ0n) is 26.7. The van der Waals surface area contributed by atoms with E-state index in [1.807, 2.05) is 48.5 Å². The molecule has 5 heteroatoms. The Labute approximate surface area is 288 Å². The van der Waals surface area contributed by atoms with Crippen LogP contribution in [-0.2, 0) is 0 Å². The molecule has 0 amide bonds. The molecule has 0 aliphatic carbocycles. The lowest BCUT2D eigenvalue weighted by atomic mass is 9.97. The van der Waals surface area contributed by atoms with Gasteiger partial charge in [-0.15, -0.1) is 0 Å². The summed E-state index contributed by atoms with van der Waals surface area (Å²) in [4.78, 5) is 3.79. The largest absolute Gasteiger partial charge is 0.310 e. The number of nitriles is 2. The highest BCUT2D eigenvalue weighted by Gasteiger charge is 2.18. The monoisotopic (exact) mass is 635 g/mol. The third-order valence-electron chi connectivity index (χ3n) is 9.60. The molecule has 0 aliphatic heterocycles. The Hall–Kier alpha value is -7.39. The van der Waals surface area contributed by atoms with Crippen molar-refractivity contribution in [2.75, 3.05) is 0 Å². The molecule has 0 bridgehead atoms. The van der Waals surface area contributed by atoms with Crippen LogP contribution < -0.4 is 0 Å². The van der Waals surface area contributed by atoms with Crippen molar-refractivity contribution in [2.45, 2.75) is 0 Å². The minimum Gasteiger partial charge on any atom is -0.310 e. The fraction of sp³-hybridized carbons (Fsp3) is 0. The predicted molar refractivity (Wildman–Crippen MR) is 202 cm³/mol. The molecule has 0 atom stereocenters. The van der Waals surface area contributed by atoms with Gasteiger partial charge < -0.3 is 9.13 Å².